The molecule has 4 aromatic rings. The summed E-state index contributed by atoms with van der Waals surface area (Å²) in [4.78, 5) is 14.8. The maximum atomic E-state index is 14.8. The first-order valence-electron chi connectivity index (χ1n) is 29.3. The number of ether oxygens (including phenoxy) is 8. The quantitative estimate of drug-likeness (QED) is 0.0588. The molecule has 5 fully saturated rings. The Kier molecular flexibility index (Phi) is 18.7. The second-order valence-electron chi connectivity index (χ2n) is 25.8. The molecule has 0 saturated carbocycles. The van der Waals surface area contributed by atoms with Crippen molar-refractivity contribution >= 4 is 43.2 Å². The largest absolute Gasteiger partial charge is 0.399 e. The highest BCUT2D eigenvalue weighted by atomic mass is 28.4. The number of hydrogen-bond acceptors (Lipinski definition) is 11. The Morgan fingerprint density at radius 2 is 1.12 bits per heavy atom. The highest BCUT2D eigenvalue weighted by Gasteiger charge is 2.65. The Hall–Kier alpha value is -3.42. The molecule has 0 radical (unpaired) electrons. The SMILES string of the molecule is CC[C@@H](C)C[C@H]1OC(CC(OC)OC)C(CC(=O)C[C@H]2CC[C@@H]3O[C@@H]4C(O[C@H](CC5COC(C)(C)O5)[C@@H]4O[Si](c4ccccc4)(c4ccccc4)C(C)(C)C)[C@@H](O[Si](c4ccccc4)(c4ccccc4)C(C)(C)C)[C@H]3O2)[C@H]1C. The Labute approximate surface area is 469 Å². The van der Waals surface area contributed by atoms with Gasteiger partial charge < -0.3 is 46.7 Å². The number of methoxy groups -OCH3 is 2. The Morgan fingerprint density at radius 1 is 0.615 bits per heavy atom. The van der Waals surface area contributed by atoms with Gasteiger partial charge in [0.2, 0.25) is 0 Å². The molecule has 9 rings (SSSR count). The Balaban J connectivity index is 1.12. The van der Waals surface area contributed by atoms with Crippen LogP contribution < -0.4 is 20.7 Å². The van der Waals surface area contributed by atoms with E-state index in [4.69, 9.17) is 46.7 Å². The van der Waals surface area contributed by atoms with Crippen LogP contribution in [-0.2, 0) is 51.5 Å². The van der Waals surface area contributed by atoms with E-state index in [0.717, 1.165) is 23.2 Å². The van der Waals surface area contributed by atoms with Crippen molar-refractivity contribution in [3.05, 3.63) is 121 Å². The van der Waals surface area contributed by atoms with Crippen molar-refractivity contribution < 1.29 is 51.5 Å². The zero-order chi connectivity index (χ0) is 55.6. The molecule has 4 aromatic carbocycles. The van der Waals surface area contributed by atoms with E-state index in [1.54, 1.807) is 14.2 Å². The summed E-state index contributed by atoms with van der Waals surface area (Å²) in [7, 11) is -3.16. The predicted octanol–water partition coefficient (Wildman–Crippen LogP) is 10.3. The van der Waals surface area contributed by atoms with Crippen molar-refractivity contribution in [2.45, 2.75) is 217 Å². The van der Waals surface area contributed by atoms with Gasteiger partial charge in [-0.1, -0.05) is 190 Å². The third-order valence-electron chi connectivity index (χ3n) is 18.1. The first-order chi connectivity index (χ1) is 37.2. The van der Waals surface area contributed by atoms with Gasteiger partial charge in [0.05, 0.1) is 43.2 Å². The van der Waals surface area contributed by atoms with Crippen LogP contribution in [0.15, 0.2) is 121 Å². The van der Waals surface area contributed by atoms with E-state index in [-0.39, 0.29) is 64.6 Å². The predicted molar refractivity (Wildman–Crippen MR) is 312 cm³/mol. The first kappa shape index (κ1) is 59.2. The van der Waals surface area contributed by atoms with Gasteiger partial charge >= 0.3 is 0 Å². The summed E-state index contributed by atoms with van der Waals surface area (Å²) >= 11 is 0. The number of hydrogen-bond donors (Lipinski definition) is 0. The van der Waals surface area contributed by atoms with Crippen molar-refractivity contribution in [2.75, 3.05) is 20.8 Å². The lowest BCUT2D eigenvalue weighted by Gasteiger charge is -2.53. The minimum absolute atomic E-state index is 0.0248. The molecular weight excluding hydrogens is 1010 g/mol. The molecule has 14 atom stereocenters. The van der Waals surface area contributed by atoms with Crippen molar-refractivity contribution in [1.29, 1.82) is 0 Å². The fraction of sp³-hybridized carbons (Fsp3) is 0.615. The van der Waals surface area contributed by atoms with Gasteiger partial charge in [0.1, 0.15) is 36.3 Å². The summed E-state index contributed by atoms with van der Waals surface area (Å²) in [6, 6.07) is 43.3. The highest BCUT2D eigenvalue weighted by molar-refractivity contribution is 7.00. The molecule has 0 bridgehead atoms. The molecule has 0 N–H and O–H groups in total. The van der Waals surface area contributed by atoms with Crippen molar-refractivity contribution in [1.82, 2.24) is 0 Å². The minimum atomic E-state index is -3.28. The molecule has 0 aromatic heterocycles. The van der Waals surface area contributed by atoms with Gasteiger partial charge in [-0.25, -0.2) is 0 Å². The number of fused-ring (bicyclic) bond motifs is 2. The van der Waals surface area contributed by atoms with Crippen molar-refractivity contribution in [3.8, 4) is 0 Å². The molecule has 13 heteroatoms. The van der Waals surface area contributed by atoms with Gasteiger partial charge in [0, 0.05) is 39.9 Å². The summed E-state index contributed by atoms with van der Waals surface area (Å²) in [6.45, 7) is 25.1. The topological polar surface area (TPSA) is 109 Å². The molecule has 5 aliphatic heterocycles. The van der Waals surface area contributed by atoms with Crippen LogP contribution in [0.2, 0.25) is 10.1 Å². The molecular formula is C65H92O11Si2. The second-order valence-corrected chi connectivity index (χ2v) is 34.3. The molecule has 78 heavy (non-hydrogen) atoms. The highest BCUT2D eigenvalue weighted by Crippen LogP contribution is 2.49. The lowest BCUT2D eigenvalue weighted by atomic mass is 9.80. The number of Topliss-reactive ketones (excluding diaryl/α,β-unsaturated/α-hetero) is 1. The summed E-state index contributed by atoms with van der Waals surface area (Å²) in [5.74, 6) is 0.182. The third-order valence-corrected chi connectivity index (χ3v) is 28.2. The Morgan fingerprint density at radius 3 is 1.58 bits per heavy atom. The number of carbonyl (C=O) groups excluding carboxylic acids is 1. The van der Waals surface area contributed by atoms with E-state index in [1.807, 2.05) is 13.8 Å². The van der Waals surface area contributed by atoms with Crippen LogP contribution in [0.25, 0.3) is 0 Å². The molecule has 0 spiro atoms. The molecule has 0 aliphatic carbocycles. The lowest BCUT2D eigenvalue weighted by molar-refractivity contribution is -0.254. The van der Waals surface area contributed by atoms with E-state index >= 15 is 0 Å². The van der Waals surface area contributed by atoms with Gasteiger partial charge in [-0.3, -0.25) is 4.79 Å². The average molecular weight is 1110 g/mol. The summed E-state index contributed by atoms with van der Waals surface area (Å²) in [5, 5.41) is 4.01. The fourth-order valence-corrected chi connectivity index (χ4v) is 23.4. The van der Waals surface area contributed by atoms with E-state index in [2.05, 4.69) is 184 Å². The number of benzene rings is 4. The van der Waals surface area contributed by atoms with Crippen LogP contribution >= 0.6 is 0 Å². The number of rotatable bonds is 21. The first-order valence-corrected chi connectivity index (χ1v) is 33.1. The molecule has 4 unspecified atom stereocenters. The standard InChI is InChI=1S/C65H92O11Si2/c1-14-43(2)37-54-44(3)52(55(71-54)41-57(67-12)68-13)39-45(66)38-46-35-36-53-58(70-46)62(76-78(64(7,8)9,50-31-23-17-24-32-50)51-33-25-18-26-34-51)61-60(72-53)59(56(73-61)40-47-42-69-65(10,11)74-47)75-77(63(4,5)6,48-27-19-15-20-28-48)49-29-21-16-22-30-49/h15-34,43-44,46-47,52-62H,14,35-42H2,1-13H3/t43-,44-,46-,47?,52?,53+,54-,55?,56-,58+,59+,60+,61?,62+/m1/s1. The number of ketones is 1. The maximum absolute atomic E-state index is 14.8. The van der Waals surface area contributed by atoms with E-state index in [1.165, 1.54) is 10.4 Å². The van der Waals surface area contributed by atoms with Crippen molar-refractivity contribution in [3.63, 3.8) is 0 Å². The monoisotopic (exact) mass is 1100 g/mol. The zero-order valence-electron chi connectivity index (χ0n) is 49.1. The molecule has 11 nitrogen and oxygen atoms in total. The minimum Gasteiger partial charge on any atom is -0.399 e. The van der Waals surface area contributed by atoms with Crippen LogP contribution in [0.1, 0.15) is 128 Å². The smallest absolute Gasteiger partial charge is 0.261 e. The van der Waals surface area contributed by atoms with E-state index < -0.39 is 65.3 Å². The van der Waals surface area contributed by atoms with Crippen LogP contribution in [-0.4, -0.2) is 122 Å². The molecule has 5 saturated heterocycles. The summed E-state index contributed by atoms with van der Waals surface area (Å²) in [5.41, 5.74) is 0. The maximum Gasteiger partial charge on any atom is 0.261 e. The lowest BCUT2D eigenvalue weighted by Crippen LogP contribution is -2.73. The van der Waals surface area contributed by atoms with Gasteiger partial charge in [0.25, 0.3) is 16.6 Å². The second kappa shape index (κ2) is 24.6. The van der Waals surface area contributed by atoms with Crippen LogP contribution in [0, 0.1) is 17.8 Å². The van der Waals surface area contributed by atoms with E-state index in [9.17, 15) is 4.79 Å². The van der Waals surface area contributed by atoms with Gasteiger partial charge in [-0.15, -0.1) is 0 Å². The molecule has 426 valence electrons. The number of carbonyl (C=O) groups is 1. The third kappa shape index (κ3) is 12.2. The molecule has 5 aliphatic rings. The Bertz CT molecular complexity index is 2440. The van der Waals surface area contributed by atoms with Crippen molar-refractivity contribution in [2.24, 2.45) is 17.8 Å². The zero-order valence-corrected chi connectivity index (χ0v) is 51.1. The van der Waals surface area contributed by atoms with Gasteiger partial charge in [-0.2, -0.15) is 0 Å². The van der Waals surface area contributed by atoms with Crippen LogP contribution in [0.4, 0.5) is 0 Å². The summed E-state index contributed by atoms with van der Waals surface area (Å²) in [6.07, 6.45) is 0.380. The normalized spacial score (nSPS) is 30.8. The molecule has 5 heterocycles. The average Bonchev–Trinajstić information content (AvgIpc) is 4.21. The van der Waals surface area contributed by atoms with E-state index in [0.29, 0.717) is 44.6 Å². The van der Waals surface area contributed by atoms with Gasteiger partial charge in [-0.05, 0) is 81.7 Å². The van der Waals surface area contributed by atoms with Crippen LogP contribution in [0.3, 0.4) is 0 Å². The summed E-state index contributed by atoms with van der Waals surface area (Å²) < 4.78 is 70.4. The fourth-order valence-electron chi connectivity index (χ4n) is 14.0. The van der Waals surface area contributed by atoms with Gasteiger partial charge in [0.15, 0.2) is 12.1 Å². The molecule has 0 amide bonds. The van der Waals surface area contributed by atoms with Crippen LogP contribution in [0.5, 0.6) is 0 Å².